The van der Waals surface area contributed by atoms with Crippen molar-refractivity contribution in [1.82, 2.24) is 19.7 Å². The molecule has 2 heterocycles. The third kappa shape index (κ3) is 5.88. The first-order chi connectivity index (χ1) is 19.2. The summed E-state index contributed by atoms with van der Waals surface area (Å²) in [6.07, 6.45) is 1.69. The van der Waals surface area contributed by atoms with Gasteiger partial charge in [-0.1, -0.05) is 62.7 Å². The highest BCUT2D eigenvalue weighted by Gasteiger charge is 2.22. The van der Waals surface area contributed by atoms with E-state index in [9.17, 15) is 4.79 Å². The Morgan fingerprint density at radius 2 is 1.70 bits per heavy atom. The predicted octanol–water partition coefficient (Wildman–Crippen LogP) is 6.69. The minimum absolute atomic E-state index is 0.185. The number of rotatable bonds is 7. The molecule has 5 aromatic rings. The number of ether oxygens (including phenoxy) is 1. The van der Waals surface area contributed by atoms with Crippen LogP contribution in [0.15, 0.2) is 79.0 Å². The maximum absolute atomic E-state index is 13.3. The minimum Gasteiger partial charge on any atom is -0.487 e. The van der Waals surface area contributed by atoms with Crippen molar-refractivity contribution in [3.8, 4) is 11.4 Å². The molecule has 0 saturated heterocycles. The van der Waals surface area contributed by atoms with Crippen LogP contribution in [-0.4, -0.2) is 32.8 Å². The molecule has 3 N–H and O–H groups in total. The first-order valence-corrected chi connectivity index (χ1v) is 13.1. The number of amides is 2. The van der Waals surface area contributed by atoms with Crippen LogP contribution in [0.5, 0.6) is 5.75 Å². The maximum Gasteiger partial charge on any atom is 0.324 e. The van der Waals surface area contributed by atoms with Crippen molar-refractivity contribution in [2.45, 2.75) is 39.7 Å². The molecule has 0 saturated carbocycles. The second-order valence-electron chi connectivity index (χ2n) is 10.6. The first-order valence-electron chi connectivity index (χ1n) is 13.1. The molecule has 40 heavy (non-hydrogen) atoms. The lowest BCUT2D eigenvalue weighted by molar-refractivity contribution is 0.262. The van der Waals surface area contributed by atoms with Crippen LogP contribution in [0.4, 0.5) is 22.2 Å². The summed E-state index contributed by atoms with van der Waals surface area (Å²) in [7, 11) is 1.77. The fraction of sp³-hybridized carbons (Fsp3) is 0.226. The van der Waals surface area contributed by atoms with Gasteiger partial charge in [-0.25, -0.2) is 19.4 Å². The van der Waals surface area contributed by atoms with Gasteiger partial charge in [-0.2, -0.15) is 5.10 Å². The molecular formula is C31H33N7O2. The number of hydrogen-bond donors (Lipinski definition) is 3. The Morgan fingerprint density at radius 3 is 2.42 bits per heavy atom. The number of hydrogen-bond acceptors (Lipinski definition) is 6. The smallest absolute Gasteiger partial charge is 0.324 e. The monoisotopic (exact) mass is 535 g/mol. The summed E-state index contributed by atoms with van der Waals surface area (Å²) in [5.74, 6) is 1.81. The normalized spacial score (nSPS) is 11.3. The SMILES string of the molecule is CNc1nccc(COc2ccc(NC(=O)Nc3cc(C(C)(C)C)nn3-c3ccc(C)cc3)c3ccccc23)n1. The van der Waals surface area contributed by atoms with Gasteiger partial charge in [-0.3, -0.25) is 5.32 Å². The Balaban J connectivity index is 1.38. The number of benzene rings is 3. The molecule has 0 radical (unpaired) electrons. The van der Waals surface area contributed by atoms with E-state index in [2.05, 4.69) is 46.7 Å². The van der Waals surface area contributed by atoms with Crippen LogP contribution in [0.1, 0.15) is 37.7 Å². The molecule has 0 aliphatic heterocycles. The molecule has 0 unspecified atom stereocenters. The van der Waals surface area contributed by atoms with Gasteiger partial charge in [-0.05, 0) is 37.3 Å². The molecule has 5 rings (SSSR count). The van der Waals surface area contributed by atoms with Gasteiger partial charge in [0.15, 0.2) is 0 Å². The van der Waals surface area contributed by atoms with Crippen molar-refractivity contribution < 1.29 is 9.53 Å². The van der Waals surface area contributed by atoms with Crippen LogP contribution < -0.4 is 20.7 Å². The molecule has 0 atom stereocenters. The summed E-state index contributed by atoms with van der Waals surface area (Å²) in [6, 6.07) is 22.9. The molecule has 0 aliphatic carbocycles. The van der Waals surface area contributed by atoms with E-state index in [4.69, 9.17) is 9.84 Å². The number of carbonyl (C=O) groups is 1. The lowest BCUT2D eigenvalue weighted by Crippen LogP contribution is -2.21. The number of aromatic nitrogens is 4. The van der Waals surface area contributed by atoms with Crippen LogP contribution in [-0.2, 0) is 12.0 Å². The highest BCUT2D eigenvalue weighted by atomic mass is 16.5. The zero-order valence-electron chi connectivity index (χ0n) is 23.3. The van der Waals surface area contributed by atoms with E-state index in [1.54, 1.807) is 17.9 Å². The zero-order chi connectivity index (χ0) is 28.3. The van der Waals surface area contributed by atoms with E-state index in [0.29, 0.717) is 23.2 Å². The molecule has 2 aromatic heterocycles. The highest BCUT2D eigenvalue weighted by Crippen LogP contribution is 2.32. The Bertz CT molecular complexity index is 1650. The van der Waals surface area contributed by atoms with Gasteiger partial charge < -0.3 is 15.4 Å². The van der Waals surface area contributed by atoms with Gasteiger partial charge >= 0.3 is 6.03 Å². The second kappa shape index (κ2) is 11.1. The molecule has 204 valence electrons. The van der Waals surface area contributed by atoms with Crippen LogP contribution in [0, 0.1) is 6.92 Å². The van der Waals surface area contributed by atoms with E-state index in [1.165, 1.54) is 0 Å². The van der Waals surface area contributed by atoms with Crippen molar-refractivity contribution in [2.24, 2.45) is 0 Å². The number of urea groups is 1. The molecule has 0 fully saturated rings. The lowest BCUT2D eigenvalue weighted by atomic mass is 9.92. The molecule has 9 nitrogen and oxygen atoms in total. The van der Waals surface area contributed by atoms with Crippen LogP contribution in [0.25, 0.3) is 16.5 Å². The molecule has 0 bridgehead atoms. The Hall–Kier alpha value is -4.92. The van der Waals surface area contributed by atoms with Crippen LogP contribution in [0.2, 0.25) is 0 Å². The van der Waals surface area contributed by atoms with E-state index in [0.717, 1.165) is 33.4 Å². The van der Waals surface area contributed by atoms with E-state index >= 15 is 0 Å². The molecule has 2 amide bonds. The van der Waals surface area contributed by atoms with Crippen LogP contribution in [0.3, 0.4) is 0 Å². The third-order valence-electron chi connectivity index (χ3n) is 6.44. The summed E-state index contributed by atoms with van der Waals surface area (Å²) >= 11 is 0. The number of nitrogens with one attached hydrogen (secondary N) is 3. The molecule has 9 heteroatoms. The van der Waals surface area contributed by atoms with Crippen molar-refractivity contribution in [2.75, 3.05) is 23.0 Å². The highest BCUT2D eigenvalue weighted by molar-refractivity contribution is 6.07. The lowest BCUT2D eigenvalue weighted by Gasteiger charge is -2.14. The summed E-state index contributed by atoms with van der Waals surface area (Å²) in [5, 5.41) is 15.5. The average molecular weight is 536 g/mol. The molecule has 0 spiro atoms. The van der Waals surface area contributed by atoms with Crippen molar-refractivity contribution in [1.29, 1.82) is 0 Å². The fourth-order valence-electron chi connectivity index (χ4n) is 4.24. The van der Waals surface area contributed by atoms with Gasteiger partial charge in [0, 0.05) is 35.5 Å². The molecule has 0 aliphatic rings. The largest absolute Gasteiger partial charge is 0.487 e. The van der Waals surface area contributed by atoms with Gasteiger partial charge in [-0.15, -0.1) is 0 Å². The van der Waals surface area contributed by atoms with Gasteiger partial charge in [0.05, 0.1) is 22.8 Å². The number of aryl methyl sites for hydroxylation is 1. The van der Waals surface area contributed by atoms with Crippen molar-refractivity contribution in [3.05, 3.63) is 95.9 Å². The number of anilines is 3. The Kier molecular flexibility index (Phi) is 7.37. The maximum atomic E-state index is 13.3. The number of fused-ring (bicyclic) bond motifs is 1. The molecule has 3 aromatic carbocycles. The number of nitrogens with zero attached hydrogens (tertiary/aromatic N) is 4. The van der Waals surface area contributed by atoms with E-state index < -0.39 is 0 Å². The standard InChI is InChI=1S/C31H33N7O2/c1-20-10-12-22(13-11-20)38-28(18-27(37-38)31(2,3)4)36-30(39)35-25-14-15-26(24-9-7-6-8-23(24)25)40-19-21-16-17-33-29(32-5)34-21/h6-18H,19H2,1-5H3,(H,32,33,34)(H2,35,36,39). The minimum atomic E-state index is -0.367. The third-order valence-corrected chi connectivity index (χ3v) is 6.44. The van der Waals surface area contributed by atoms with Crippen LogP contribution >= 0.6 is 0 Å². The van der Waals surface area contributed by atoms with Gasteiger partial charge in [0.25, 0.3) is 0 Å². The topological polar surface area (TPSA) is 106 Å². The Morgan fingerprint density at radius 1 is 0.950 bits per heavy atom. The second-order valence-corrected chi connectivity index (χ2v) is 10.6. The summed E-state index contributed by atoms with van der Waals surface area (Å²) in [6.45, 7) is 8.61. The Labute approximate surface area is 233 Å². The summed E-state index contributed by atoms with van der Waals surface area (Å²) in [5.41, 5.74) is 4.13. The average Bonchev–Trinajstić information content (AvgIpc) is 3.37. The fourth-order valence-corrected chi connectivity index (χ4v) is 4.24. The van der Waals surface area contributed by atoms with E-state index in [-0.39, 0.29) is 18.1 Å². The summed E-state index contributed by atoms with van der Waals surface area (Å²) in [4.78, 5) is 21.8. The predicted molar refractivity (Wildman–Crippen MR) is 160 cm³/mol. The quantitative estimate of drug-likeness (QED) is 0.214. The first kappa shape index (κ1) is 26.7. The van der Waals surface area contributed by atoms with Gasteiger partial charge in [0.2, 0.25) is 5.95 Å². The van der Waals surface area contributed by atoms with Crippen molar-refractivity contribution in [3.63, 3.8) is 0 Å². The summed E-state index contributed by atoms with van der Waals surface area (Å²) < 4.78 is 7.88. The van der Waals surface area contributed by atoms with Crippen molar-refractivity contribution >= 4 is 34.3 Å². The zero-order valence-corrected chi connectivity index (χ0v) is 23.3. The number of carbonyl (C=O) groups excluding carboxylic acids is 1. The van der Waals surface area contributed by atoms with Gasteiger partial charge in [0.1, 0.15) is 18.2 Å². The van der Waals surface area contributed by atoms with E-state index in [1.807, 2.05) is 79.7 Å². The molecular weight excluding hydrogens is 502 g/mol.